The van der Waals surface area contributed by atoms with Crippen LogP contribution in [0.1, 0.15) is 24.1 Å². The minimum Gasteiger partial charge on any atom is -0.458 e. The molecule has 0 amide bonds. The number of hydrogen-bond donors (Lipinski definition) is 0. The summed E-state index contributed by atoms with van der Waals surface area (Å²) in [6, 6.07) is 45.9. The second-order valence-electron chi connectivity index (χ2n) is 13.1. The lowest BCUT2D eigenvalue weighted by molar-refractivity contribution is 0.487. The molecule has 11 rings (SSSR count). The third-order valence-corrected chi connectivity index (χ3v) is 10.6. The number of hydrogen-bond acceptors (Lipinski definition) is 3. The number of ether oxygens (including phenoxy) is 1. The van der Waals surface area contributed by atoms with E-state index in [2.05, 4.69) is 131 Å². The van der Waals surface area contributed by atoms with Crippen LogP contribution >= 0.6 is 0 Å². The van der Waals surface area contributed by atoms with Crippen molar-refractivity contribution in [1.82, 2.24) is 4.57 Å². The Kier molecular flexibility index (Phi) is 5.12. The van der Waals surface area contributed by atoms with Gasteiger partial charge >= 0.3 is 0 Å². The Bertz CT molecular complexity index is 2590. The fraction of sp³-hybridized carbons (Fsp3) is 0.0952. The smallest absolute Gasteiger partial charge is 0.256 e. The van der Waals surface area contributed by atoms with E-state index in [4.69, 9.17) is 9.15 Å². The van der Waals surface area contributed by atoms with Gasteiger partial charge in [0.1, 0.15) is 22.7 Å². The molecule has 4 heterocycles. The van der Waals surface area contributed by atoms with Crippen LogP contribution in [0.2, 0.25) is 0 Å². The average molecular weight is 605 g/mol. The highest BCUT2D eigenvalue weighted by Crippen LogP contribution is 2.47. The second-order valence-corrected chi connectivity index (χ2v) is 13.1. The lowest BCUT2D eigenvalue weighted by Gasteiger charge is -2.40. The lowest BCUT2D eigenvalue weighted by atomic mass is 9.34. The summed E-state index contributed by atoms with van der Waals surface area (Å²) in [7, 11) is 0. The van der Waals surface area contributed by atoms with Crippen LogP contribution in [-0.4, -0.2) is 11.3 Å². The molecule has 0 N–H and O–H groups in total. The number of aromatic nitrogens is 1. The van der Waals surface area contributed by atoms with Crippen molar-refractivity contribution in [1.29, 1.82) is 0 Å². The molecule has 0 saturated carbocycles. The molecule has 1 aliphatic carbocycles. The topological polar surface area (TPSA) is 30.5 Å². The summed E-state index contributed by atoms with van der Waals surface area (Å²) in [5.74, 6) is 1.85. The molecule has 47 heavy (non-hydrogen) atoms. The van der Waals surface area contributed by atoms with E-state index in [1.807, 2.05) is 6.07 Å². The molecule has 0 saturated heterocycles. The van der Waals surface area contributed by atoms with Crippen molar-refractivity contribution in [3.63, 3.8) is 0 Å². The molecule has 5 heteroatoms. The first-order chi connectivity index (χ1) is 23.3. The van der Waals surface area contributed by atoms with Crippen molar-refractivity contribution in [2.24, 2.45) is 0 Å². The lowest BCUT2D eigenvalue weighted by Crippen LogP contribution is -2.59. The van der Waals surface area contributed by atoms with Gasteiger partial charge in [0.05, 0.1) is 22.3 Å². The van der Waals surface area contributed by atoms with Gasteiger partial charge in [0.25, 0.3) is 6.71 Å². The van der Waals surface area contributed by atoms with Crippen LogP contribution in [0.25, 0.3) is 38.5 Å². The molecule has 0 radical (unpaired) electrons. The minimum absolute atomic E-state index is 0.0575. The van der Waals surface area contributed by atoms with Crippen molar-refractivity contribution < 1.29 is 9.15 Å². The molecule has 8 aromatic rings. The van der Waals surface area contributed by atoms with E-state index in [-0.39, 0.29) is 6.71 Å². The number of fused-ring (bicyclic) bond motifs is 10. The number of benzene rings is 6. The number of aryl methyl sites for hydroxylation is 1. The average Bonchev–Trinajstić information content (AvgIpc) is 3.67. The summed E-state index contributed by atoms with van der Waals surface area (Å²) < 4.78 is 15.8. The zero-order chi connectivity index (χ0) is 30.6. The number of furan rings is 1. The Morgan fingerprint density at radius 2 is 1.32 bits per heavy atom. The second kappa shape index (κ2) is 9.43. The molecule has 0 atom stereocenters. The van der Waals surface area contributed by atoms with Gasteiger partial charge in [-0.25, -0.2) is 0 Å². The standard InChI is InChI=1S/C42H29BN2O2/c1-6-17-32-27(12-1)28-13-2-7-18-33(28)44(32)26-24-36-42-40(25-26)47-38-22-10-5-16-31(38)43(42)30-15-4-8-19-34(30)45(36)35-20-11-23-39-41(35)29-14-3-9-21-37(29)46-39/h1,3-6,8-12,14-17,19-25H,2,7,13,18H2. The van der Waals surface area contributed by atoms with Crippen LogP contribution in [-0.2, 0) is 12.8 Å². The number of para-hydroxylation sites is 4. The third-order valence-electron chi connectivity index (χ3n) is 10.6. The van der Waals surface area contributed by atoms with Gasteiger partial charge in [-0.05, 0) is 90.1 Å². The maximum atomic E-state index is 6.90. The van der Waals surface area contributed by atoms with Crippen LogP contribution in [0.3, 0.4) is 0 Å². The van der Waals surface area contributed by atoms with Gasteiger partial charge in [-0.15, -0.1) is 0 Å². The van der Waals surface area contributed by atoms with E-state index >= 15 is 0 Å². The minimum atomic E-state index is 0.0575. The van der Waals surface area contributed by atoms with E-state index in [0.717, 1.165) is 63.3 Å². The fourth-order valence-corrected chi connectivity index (χ4v) is 8.75. The monoisotopic (exact) mass is 604 g/mol. The van der Waals surface area contributed by atoms with Gasteiger partial charge in [0.2, 0.25) is 0 Å². The summed E-state index contributed by atoms with van der Waals surface area (Å²) in [6.07, 6.45) is 4.66. The first kappa shape index (κ1) is 25.5. The quantitative estimate of drug-likeness (QED) is 0.185. The fourth-order valence-electron chi connectivity index (χ4n) is 8.75. The van der Waals surface area contributed by atoms with Crippen molar-refractivity contribution >= 4 is 73.0 Å². The van der Waals surface area contributed by atoms with E-state index in [9.17, 15) is 0 Å². The Hall–Kier alpha value is -5.68. The van der Waals surface area contributed by atoms with Crippen LogP contribution in [0, 0.1) is 0 Å². The first-order valence-corrected chi connectivity index (χ1v) is 16.7. The van der Waals surface area contributed by atoms with Crippen molar-refractivity contribution in [2.45, 2.75) is 25.7 Å². The highest BCUT2D eigenvalue weighted by molar-refractivity contribution is 6.99. The van der Waals surface area contributed by atoms with Crippen LogP contribution in [0.4, 0.5) is 17.1 Å². The maximum absolute atomic E-state index is 6.90. The highest BCUT2D eigenvalue weighted by Gasteiger charge is 2.42. The van der Waals surface area contributed by atoms with Gasteiger partial charge in [0, 0.05) is 33.9 Å². The van der Waals surface area contributed by atoms with Crippen LogP contribution < -0.4 is 26.0 Å². The Labute approximate surface area is 272 Å². The van der Waals surface area contributed by atoms with E-state index in [1.54, 1.807) is 0 Å². The van der Waals surface area contributed by atoms with Gasteiger partial charge in [-0.1, -0.05) is 78.9 Å². The predicted octanol–water partition coefficient (Wildman–Crippen LogP) is 8.81. The van der Waals surface area contributed by atoms with Gasteiger partial charge in [-0.2, -0.15) is 0 Å². The van der Waals surface area contributed by atoms with Gasteiger partial charge in [-0.3, -0.25) is 0 Å². The molecule has 0 spiro atoms. The Balaban J connectivity index is 1.27. The highest BCUT2D eigenvalue weighted by atomic mass is 16.5. The Morgan fingerprint density at radius 1 is 0.574 bits per heavy atom. The SMILES string of the molecule is c1ccc2c(c1)Oc1cc(-n3c4c(c5ccccc53)CCCC4)cc3c1B2c1ccccc1N3c1cccc2oc3ccccc3c12. The normalized spacial score (nSPS) is 14.6. The number of anilines is 3. The van der Waals surface area contributed by atoms with Crippen molar-refractivity contribution in [2.75, 3.05) is 4.90 Å². The molecule has 0 unspecified atom stereocenters. The maximum Gasteiger partial charge on any atom is 0.256 e. The van der Waals surface area contributed by atoms with Gasteiger partial charge < -0.3 is 18.6 Å². The zero-order valence-electron chi connectivity index (χ0n) is 25.7. The third kappa shape index (κ3) is 3.43. The molecule has 0 fully saturated rings. The molecule has 2 aliphatic heterocycles. The molecule has 6 aromatic carbocycles. The summed E-state index contributed by atoms with van der Waals surface area (Å²) >= 11 is 0. The molecule has 222 valence electrons. The van der Waals surface area contributed by atoms with E-state index in [0.29, 0.717) is 0 Å². The van der Waals surface area contributed by atoms with Crippen molar-refractivity contribution in [3.8, 4) is 17.2 Å². The number of nitrogens with zero attached hydrogens (tertiary/aromatic N) is 2. The van der Waals surface area contributed by atoms with Crippen LogP contribution in [0.5, 0.6) is 11.5 Å². The molecule has 4 nitrogen and oxygen atoms in total. The zero-order valence-corrected chi connectivity index (χ0v) is 25.7. The molecule has 0 bridgehead atoms. The first-order valence-electron chi connectivity index (χ1n) is 16.7. The molecule has 3 aliphatic rings. The Morgan fingerprint density at radius 3 is 2.28 bits per heavy atom. The summed E-state index contributed by atoms with van der Waals surface area (Å²) in [6.45, 7) is 0.0575. The van der Waals surface area contributed by atoms with Crippen LogP contribution in [0.15, 0.2) is 132 Å². The summed E-state index contributed by atoms with van der Waals surface area (Å²) in [5, 5.41) is 3.61. The molecule has 2 aromatic heterocycles. The largest absolute Gasteiger partial charge is 0.458 e. The summed E-state index contributed by atoms with van der Waals surface area (Å²) in [4.78, 5) is 2.47. The predicted molar refractivity (Wildman–Crippen MR) is 193 cm³/mol. The van der Waals surface area contributed by atoms with Crippen molar-refractivity contribution in [3.05, 3.63) is 139 Å². The number of rotatable bonds is 2. The molecular formula is C42H29BN2O2. The van der Waals surface area contributed by atoms with Gasteiger partial charge in [0.15, 0.2) is 0 Å². The van der Waals surface area contributed by atoms with E-state index in [1.165, 1.54) is 57.1 Å². The summed E-state index contributed by atoms with van der Waals surface area (Å²) in [5.41, 5.74) is 14.3. The van der Waals surface area contributed by atoms with E-state index < -0.39 is 0 Å². The molecular weight excluding hydrogens is 575 g/mol.